The second kappa shape index (κ2) is 9.39. The van der Waals surface area contributed by atoms with Crippen molar-refractivity contribution in [2.45, 2.75) is 38.5 Å². The van der Waals surface area contributed by atoms with E-state index in [1.807, 2.05) is 6.92 Å². The topological polar surface area (TPSA) is 74.6 Å². The quantitative estimate of drug-likeness (QED) is 0.805. The highest BCUT2D eigenvalue weighted by atomic mass is 35.5. The number of benzene rings is 1. The first-order chi connectivity index (χ1) is 8.88. The number of halogens is 1. The van der Waals surface area contributed by atoms with Crippen LogP contribution in [-0.4, -0.2) is 27.5 Å². The van der Waals surface area contributed by atoms with E-state index in [4.69, 9.17) is 21.8 Å². The zero-order valence-corrected chi connectivity index (χ0v) is 11.9. The van der Waals surface area contributed by atoms with Gasteiger partial charge in [-0.3, -0.25) is 0 Å². The Bertz CT molecular complexity index is 365. The number of hydrogen-bond acceptors (Lipinski definition) is 2. The van der Waals surface area contributed by atoms with Crippen molar-refractivity contribution in [2.24, 2.45) is 0 Å². The maximum absolute atomic E-state index is 10.3. The average molecular weight is 287 g/mol. The standard InChI is InChI=1S/C8H6O4.C6H13Cl/c9-7(10)5-1-2-6(4-3-5)8(11)12;1-3-4-5-6(2)7/h1-4H,(H,9,10)(H,11,12);6H,3-5H2,1-2H3. The van der Waals surface area contributed by atoms with Gasteiger partial charge in [-0.2, -0.15) is 0 Å². The molecule has 0 bridgehead atoms. The van der Waals surface area contributed by atoms with Crippen molar-refractivity contribution in [2.75, 3.05) is 0 Å². The molecule has 1 unspecified atom stereocenters. The summed E-state index contributed by atoms with van der Waals surface area (Å²) in [6, 6.07) is 5.02. The van der Waals surface area contributed by atoms with Gasteiger partial charge >= 0.3 is 11.9 Å². The fourth-order valence-corrected chi connectivity index (χ4v) is 1.40. The highest BCUT2D eigenvalue weighted by Crippen LogP contribution is 2.05. The van der Waals surface area contributed by atoms with Gasteiger partial charge in [-0.15, -0.1) is 11.6 Å². The number of unbranched alkanes of at least 4 members (excludes halogenated alkanes) is 1. The predicted molar refractivity (Wildman–Crippen MR) is 75.2 cm³/mol. The van der Waals surface area contributed by atoms with Crippen LogP contribution < -0.4 is 0 Å². The molecule has 0 saturated heterocycles. The Morgan fingerprint density at radius 2 is 1.47 bits per heavy atom. The zero-order chi connectivity index (χ0) is 14.8. The minimum Gasteiger partial charge on any atom is -0.478 e. The fraction of sp³-hybridized carbons (Fsp3) is 0.429. The summed E-state index contributed by atoms with van der Waals surface area (Å²) in [5, 5.41) is 17.3. The van der Waals surface area contributed by atoms with Gasteiger partial charge in [0.05, 0.1) is 11.1 Å². The number of aromatic carboxylic acids is 2. The van der Waals surface area contributed by atoms with Crippen LogP contribution >= 0.6 is 11.6 Å². The molecule has 0 radical (unpaired) electrons. The molecular formula is C14H19ClO4. The molecule has 0 aliphatic rings. The molecule has 2 N–H and O–H groups in total. The van der Waals surface area contributed by atoms with Crippen LogP contribution in [0.25, 0.3) is 0 Å². The van der Waals surface area contributed by atoms with Gasteiger partial charge in [-0.1, -0.05) is 19.8 Å². The van der Waals surface area contributed by atoms with E-state index in [1.54, 1.807) is 0 Å². The summed E-state index contributed by atoms with van der Waals surface area (Å²) in [6.07, 6.45) is 3.69. The van der Waals surface area contributed by atoms with E-state index in [1.165, 1.54) is 37.1 Å². The highest BCUT2D eigenvalue weighted by molar-refractivity contribution is 6.20. The predicted octanol–water partition coefficient (Wildman–Crippen LogP) is 3.89. The Morgan fingerprint density at radius 3 is 1.63 bits per heavy atom. The van der Waals surface area contributed by atoms with E-state index in [0.29, 0.717) is 5.38 Å². The fourth-order valence-electron chi connectivity index (χ4n) is 1.24. The maximum atomic E-state index is 10.3. The van der Waals surface area contributed by atoms with Crippen LogP contribution in [0, 0.1) is 0 Å². The first kappa shape index (κ1) is 17.4. The molecule has 0 aliphatic carbocycles. The van der Waals surface area contributed by atoms with Gasteiger partial charge < -0.3 is 10.2 Å². The minimum atomic E-state index is -1.06. The Labute approximate surface area is 118 Å². The summed E-state index contributed by atoms with van der Waals surface area (Å²) in [7, 11) is 0. The second-order valence-electron chi connectivity index (χ2n) is 4.11. The first-order valence-electron chi connectivity index (χ1n) is 6.09. The van der Waals surface area contributed by atoms with Gasteiger partial charge in [-0.25, -0.2) is 9.59 Å². The molecule has 5 heteroatoms. The molecule has 1 rings (SSSR count). The molecule has 0 heterocycles. The van der Waals surface area contributed by atoms with Gasteiger partial charge in [0.15, 0.2) is 0 Å². The normalized spacial score (nSPS) is 11.1. The van der Waals surface area contributed by atoms with Gasteiger partial charge in [-0.05, 0) is 37.6 Å². The van der Waals surface area contributed by atoms with Crippen molar-refractivity contribution in [1.29, 1.82) is 0 Å². The van der Waals surface area contributed by atoms with Gasteiger partial charge in [0.25, 0.3) is 0 Å². The van der Waals surface area contributed by atoms with Crippen molar-refractivity contribution >= 4 is 23.5 Å². The average Bonchev–Trinajstić information content (AvgIpc) is 2.37. The number of carboxylic acids is 2. The van der Waals surface area contributed by atoms with E-state index in [-0.39, 0.29) is 11.1 Å². The van der Waals surface area contributed by atoms with Crippen molar-refractivity contribution in [1.82, 2.24) is 0 Å². The Hall–Kier alpha value is -1.55. The lowest BCUT2D eigenvalue weighted by atomic mass is 10.1. The number of alkyl halides is 1. The van der Waals surface area contributed by atoms with Crippen molar-refractivity contribution in [3.8, 4) is 0 Å². The highest BCUT2D eigenvalue weighted by Gasteiger charge is 2.04. The molecule has 106 valence electrons. The van der Waals surface area contributed by atoms with Crippen LogP contribution in [0.4, 0.5) is 0 Å². The van der Waals surface area contributed by atoms with Crippen LogP contribution in [0.1, 0.15) is 53.8 Å². The van der Waals surface area contributed by atoms with Crippen LogP contribution in [0.15, 0.2) is 24.3 Å². The molecule has 1 atom stereocenters. The van der Waals surface area contributed by atoms with Gasteiger partial charge in [0.2, 0.25) is 0 Å². The number of carbonyl (C=O) groups is 2. The van der Waals surface area contributed by atoms with E-state index in [2.05, 4.69) is 6.92 Å². The molecule has 4 nitrogen and oxygen atoms in total. The zero-order valence-electron chi connectivity index (χ0n) is 11.1. The SMILES string of the molecule is CCCCC(C)Cl.O=C(O)c1ccc(C(=O)O)cc1. The molecule has 0 aromatic heterocycles. The van der Waals surface area contributed by atoms with Crippen molar-refractivity contribution in [3.05, 3.63) is 35.4 Å². The molecule has 0 amide bonds. The smallest absolute Gasteiger partial charge is 0.335 e. The molecule has 0 saturated carbocycles. The molecule has 1 aromatic rings. The van der Waals surface area contributed by atoms with Crippen LogP contribution in [-0.2, 0) is 0 Å². The summed E-state index contributed by atoms with van der Waals surface area (Å²) in [5.74, 6) is -2.13. The Morgan fingerprint density at radius 1 is 1.11 bits per heavy atom. The van der Waals surface area contributed by atoms with Crippen LogP contribution in [0.3, 0.4) is 0 Å². The van der Waals surface area contributed by atoms with Crippen molar-refractivity contribution in [3.63, 3.8) is 0 Å². The van der Waals surface area contributed by atoms with Crippen molar-refractivity contribution < 1.29 is 19.8 Å². The third-order valence-corrected chi connectivity index (χ3v) is 2.55. The first-order valence-corrected chi connectivity index (χ1v) is 6.52. The Kier molecular flexibility index (Phi) is 8.62. The lowest BCUT2D eigenvalue weighted by molar-refractivity contribution is 0.0681. The second-order valence-corrected chi connectivity index (χ2v) is 4.86. The van der Waals surface area contributed by atoms with E-state index in [0.717, 1.165) is 6.42 Å². The summed E-state index contributed by atoms with van der Waals surface area (Å²) < 4.78 is 0. The van der Waals surface area contributed by atoms with Crippen LogP contribution in [0.2, 0.25) is 0 Å². The Balaban J connectivity index is 0.000000399. The third-order valence-electron chi connectivity index (χ3n) is 2.33. The van der Waals surface area contributed by atoms with Gasteiger partial charge in [0.1, 0.15) is 0 Å². The van der Waals surface area contributed by atoms with E-state index in [9.17, 15) is 9.59 Å². The lowest BCUT2D eigenvalue weighted by Crippen LogP contribution is -1.99. The number of carboxylic acid groups (broad SMARTS) is 2. The van der Waals surface area contributed by atoms with Crippen LogP contribution in [0.5, 0.6) is 0 Å². The monoisotopic (exact) mass is 286 g/mol. The number of rotatable bonds is 5. The maximum Gasteiger partial charge on any atom is 0.335 e. The van der Waals surface area contributed by atoms with E-state index < -0.39 is 11.9 Å². The van der Waals surface area contributed by atoms with E-state index >= 15 is 0 Å². The number of hydrogen-bond donors (Lipinski definition) is 2. The largest absolute Gasteiger partial charge is 0.478 e. The summed E-state index contributed by atoms with van der Waals surface area (Å²) in [6.45, 7) is 4.22. The summed E-state index contributed by atoms with van der Waals surface area (Å²) >= 11 is 5.66. The molecule has 0 aliphatic heterocycles. The molecular weight excluding hydrogens is 268 g/mol. The molecule has 0 spiro atoms. The molecule has 0 fully saturated rings. The summed E-state index contributed by atoms with van der Waals surface area (Å²) in [5.41, 5.74) is 0.167. The molecule has 1 aromatic carbocycles. The minimum absolute atomic E-state index is 0.0833. The molecule has 19 heavy (non-hydrogen) atoms. The lowest BCUT2D eigenvalue weighted by Gasteiger charge is -1.96. The third kappa shape index (κ3) is 8.21. The summed E-state index contributed by atoms with van der Waals surface area (Å²) in [4.78, 5) is 20.7. The van der Waals surface area contributed by atoms with Gasteiger partial charge in [0, 0.05) is 5.38 Å².